The van der Waals surface area contributed by atoms with E-state index in [1.54, 1.807) is 0 Å². The summed E-state index contributed by atoms with van der Waals surface area (Å²) in [5.74, 6) is 1.01. The fourth-order valence-corrected chi connectivity index (χ4v) is 3.11. The van der Waals surface area contributed by atoms with Gasteiger partial charge in [-0.3, -0.25) is 4.40 Å². The van der Waals surface area contributed by atoms with Crippen molar-refractivity contribution in [2.24, 2.45) is 0 Å². The third-order valence-electron chi connectivity index (χ3n) is 4.27. The van der Waals surface area contributed by atoms with Crippen molar-refractivity contribution in [3.63, 3.8) is 0 Å². The highest BCUT2D eigenvalue weighted by Gasteiger charge is 2.12. The summed E-state index contributed by atoms with van der Waals surface area (Å²) in [6.07, 6.45) is 4.10. The standard InChI is InChI=1S/C18H20N4/c1-14-3-2-4-15(11-14)18-20-13-17-12-16(5-8-22(17)18)21-9-6-19-7-10-21/h2-5,8,11-13,19H,6-7,9-10H2,1H3. The van der Waals surface area contributed by atoms with E-state index in [9.17, 15) is 0 Å². The minimum absolute atomic E-state index is 1.01. The monoisotopic (exact) mass is 292 g/mol. The quantitative estimate of drug-likeness (QED) is 0.788. The zero-order valence-corrected chi connectivity index (χ0v) is 12.8. The molecule has 3 heterocycles. The van der Waals surface area contributed by atoms with Crippen LogP contribution >= 0.6 is 0 Å². The van der Waals surface area contributed by atoms with Crippen LogP contribution in [-0.2, 0) is 0 Å². The van der Waals surface area contributed by atoms with E-state index in [0.29, 0.717) is 0 Å². The molecule has 0 aliphatic carbocycles. The lowest BCUT2D eigenvalue weighted by Crippen LogP contribution is -2.43. The number of aromatic nitrogens is 2. The summed E-state index contributed by atoms with van der Waals surface area (Å²) in [5, 5.41) is 3.39. The highest BCUT2D eigenvalue weighted by atomic mass is 15.2. The molecule has 4 rings (SSSR count). The van der Waals surface area contributed by atoms with Gasteiger partial charge in [-0.25, -0.2) is 4.98 Å². The number of nitrogens with one attached hydrogen (secondary N) is 1. The summed E-state index contributed by atoms with van der Waals surface area (Å²) in [6.45, 7) is 6.35. The van der Waals surface area contributed by atoms with Crippen molar-refractivity contribution in [2.45, 2.75) is 6.92 Å². The number of nitrogens with zero attached hydrogens (tertiary/aromatic N) is 3. The van der Waals surface area contributed by atoms with Crippen LogP contribution in [0.1, 0.15) is 5.56 Å². The van der Waals surface area contributed by atoms with E-state index in [1.165, 1.54) is 11.3 Å². The number of piperazine rings is 1. The predicted molar refractivity (Wildman–Crippen MR) is 90.4 cm³/mol. The molecule has 1 fully saturated rings. The number of fused-ring (bicyclic) bond motifs is 1. The second-order valence-corrected chi connectivity index (χ2v) is 5.87. The Kier molecular flexibility index (Phi) is 3.31. The van der Waals surface area contributed by atoms with Gasteiger partial charge in [-0.2, -0.15) is 0 Å². The number of imidazole rings is 1. The summed E-state index contributed by atoms with van der Waals surface area (Å²) < 4.78 is 2.17. The maximum Gasteiger partial charge on any atom is 0.144 e. The largest absolute Gasteiger partial charge is 0.369 e. The number of aryl methyl sites for hydroxylation is 1. The lowest BCUT2D eigenvalue weighted by molar-refractivity contribution is 0.589. The SMILES string of the molecule is Cc1cccc(-c2ncc3cc(N4CCNCC4)ccn23)c1. The fourth-order valence-electron chi connectivity index (χ4n) is 3.11. The van der Waals surface area contributed by atoms with Gasteiger partial charge in [-0.1, -0.05) is 23.8 Å². The van der Waals surface area contributed by atoms with Crippen LogP contribution in [-0.4, -0.2) is 35.6 Å². The maximum atomic E-state index is 4.63. The molecule has 0 saturated carbocycles. The Bertz CT molecular complexity index is 800. The van der Waals surface area contributed by atoms with E-state index in [4.69, 9.17) is 0 Å². The summed E-state index contributed by atoms with van der Waals surface area (Å²) in [7, 11) is 0. The summed E-state index contributed by atoms with van der Waals surface area (Å²) in [4.78, 5) is 7.05. The van der Waals surface area contributed by atoms with Gasteiger partial charge >= 0.3 is 0 Å². The van der Waals surface area contributed by atoms with Gasteiger partial charge < -0.3 is 10.2 Å². The van der Waals surface area contributed by atoms with E-state index in [2.05, 4.69) is 69.1 Å². The summed E-state index contributed by atoms with van der Waals surface area (Å²) in [5.41, 5.74) is 4.85. The Hall–Kier alpha value is -2.33. The Morgan fingerprint density at radius 2 is 1.95 bits per heavy atom. The normalized spacial score (nSPS) is 15.4. The van der Waals surface area contributed by atoms with Crippen molar-refractivity contribution in [3.05, 3.63) is 54.4 Å². The fraction of sp³-hybridized carbons (Fsp3) is 0.278. The van der Waals surface area contributed by atoms with Crippen molar-refractivity contribution in [2.75, 3.05) is 31.1 Å². The second-order valence-electron chi connectivity index (χ2n) is 5.87. The molecule has 1 aromatic carbocycles. The van der Waals surface area contributed by atoms with Gasteiger partial charge in [0, 0.05) is 43.6 Å². The van der Waals surface area contributed by atoms with E-state index >= 15 is 0 Å². The van der Waals surface area contributed by atoms with Gasteiger partial charge in [-0.15, -0.1) is 0 Å². The molecule has 1 aliphatic rings. The van der Waals surface area contributed by atoms with Crippen LogP contribution in [0.3, 0.4) is 0 Å². The number of hydrogen-bond acceptors (Lipinski definition) is 3. The average molecular weight is 292 g/mol. The highest BCUT2D eigenvalue weighted by Crippen LogP contribution is 2.24. The first-order chi connectivity index (χ1) is 10.8. The van der Waals surface area contributed by atoms with Crippen LogP contribution in [0, 0.1) is 6.92 Å². The molecule has 1 aliphatic heterocycles. The predicted octanol–water partition coefficient (Wildman–Crippen LogP) is 2.72. The average Bonchev–Trinajstić information content (AvgIpc) is 2.99. The summed E-state index contributed by atoms with van der Waals surface area (Å²) >= 11 is 0. The van der Waals surface area contributed by atoms with Gasteiger partial charge in [0.25, 0.3) is 0 Å². The molecule has 2 aromatic heterocycles. The zero-order valence-electron chi connectivity index (χ0n) is 12.8. The molecule has 1 saturated heterocycles. The maximum absolute atomic E-state index is 4.63. The van der Waals surface area contributed by atoms with Crippen LogP contribution in [0.25, 0.3) is 16.9 Å². The van der Waals surface area contributed by atoms with E-state index < -0.39 is 0 Å². The third kappa shape index (κ3) is 2.35. The minimum atomic E-state index is 1.01. The third-order valence-corrected chi connectivity index (χ3v) is 4.27. The molecule has 1 N–H and O–H groups in total. The van der Waals surface area contributed by atoms with Crippen LogP contribution in [0.4, 0.5) is 5.69 Å². The molecule has 112 valence electrons. The smallest absolute Gasteiger partial charge is 0.144 e. The van der Waals surface area contributed by atoms with Crippen molar-refractivity contribution < 1.29 is 0 Å². The van der Waals surface area contributed by atoms with Gasteiger partial charge in [0.2, 0.25) is 0 Å². The van der Waals surface area contributed by atoms with Crippen LogP contribution in [0.2, 0.25) is 0 Å². The molecular weight excluding hydrogens is 272 g/mol. The Labute approximate surface area is 130 Å². The van der Waals surface area contributed by atoms with Crippen LogP contribution < -0.4 is 10.2 Å². The van der Waals surface area contributed by atoms with Crippen LogP contribution in [0.15, 0.2) is 48.8 Å². The van der Waals surface area contributed by atoms with Crippen molar-refractivity contribution >= 4 is 11.2 Å². The molecule has 4 nitrogen and oxygen atoms in total. The number of hydrogen-bond donors (Lipinski definition) is 1. The van der Waals surface area contributed by atoms with Gasteiger partial charge in [-0.05, 0) is 25.1 Å². The molecule has 0 unspecified atom stereocenters. The van der Waals surface area contributed by atoms with Crippen molar-refractivity contribution in [1.82, 2.24) is 14.7 Å². The number of rotatable bonds is 2. The first-order valence-corrected chi connectivity index (χ1v) is 7.81. The van der Waals surface area contributed by atoms with Crippen LogP contribution in [0.5, 0.6) is 0 Å². The molecule has 0 amide bonds. The first-order valence-electron chi connectivity index (χ1n) is 7.81. The zero-order chi connectivity index (χ0) is 14.9. The molecular formula is C18H20N4. The molecule has 0 spiro atoms. The van der Waals surface area contributed by atoms with Gasteiger partial charge in [0.1, 0.15) is 5.82 Å². The number of benzene rings is 1. The molecule has 0 radical (unpaired) electrons. The van der Waals surface area contributed by atoms with E-state index in [0.717, 1.165) is 43.1 Å². The van der Waals surface area contributed by atoms with Crippen molar-refractivity contribution in [1.29, 1.82) is 0 Å². The lowest BCUT2D eigenvalue weighted by atomic mass is 10.1. The topological polar surface area (TPSA) is 32.6 Å². The number of pyridine rings is 1. The number of anilines is 1. The van der Waals surface area contributed by atoms with Crippen molar-refractivity contribution in [3.8, 4) is 11.4 Å². The molecule has 4 heteroatoms. The molecule has 22 heavy (non-hydrogen) atoms. The van der Waals surface area contributed by atoms with Gasteiger partial charge in [0.15, 0.2) is 0 Å². The highest BCUT2D eigenvalue weighted by molar-refractivity contribution is 5.67. The van der Waals surface area contributed by atoms with Gasteiger partial charge in [0.05, 0.1) is 11.7 Å². The Balaban J connectivity index is 1.74. The molecule has 3 aromatic rings. The molecule has 0 atom stereocenters. The first kappa shape index (κ1) is 13.3. The Morgan fingerprint density at radius 3 is 2.77 bits per heavy atom. The molecule has 0 bridgehead atoms. The van der Waals surface area contributed by atoms with E-state index in [-0.39, 0.29) is 0 Å². The lowest BCUT2D eigenvalue weighted by Gasteiger charge is -2.29. The summed E-state index contributed by atoms with van der Waals surface area (Å²) in [6, 6.07) is 12.9. The Morgan fingerprint density at radius 1 is 1.09 bits per heavy atom. The second kappa shape index (κ2) is 5.46. The minimum Gasteiger partial charge on any atom is -0.369 e. The van der Waals surface area contributed by atoms with E-state index in [1.807, 2.05) is 6.20 Å².